The van der Waals surface area contributed by atoms with Gasteiger partial charge in [0.25, 0.3) is 5.56 Å². The van der Waals surface area contributed by atoms with Crippen LogP contribution in [0.4, 0.5) is 4.39 Å². The number of carbonyl (C=O) groups excluding carboxylic acids is 2. The summed E-state index contributed by atoms with van der Waals surface area (Å²) in [7, 11) is 0. The van der Waals surface area contributed by atoms with Crippen LogP contribution in [0.25, 0.3) is 22.3 Å². The maximum atomic E-state index is 14.9. The number of pyridine rings is 2. The van der Waals surface area contributed by atoms with Crippen LogP contribution in [0.5, 0.6) is 0 Å². The van der Waals surface area contributed by atoms with E-state index in [9.17, 15) is 23.9 Å². The summed E-state index contributed by atoms with van der Waals surface area (Å²) in [4.78, 5) is 42.6. The van der Waals surface area contributed by atoms with Crippen LogP contribution in [0.2, 0.25) is 0 Å². The van der Waals surface area contributed by atoms with Crippen molar-refractivity contribution < 1.29 is 28.6 Å². The molecule has 36 heavy (non-hydrogen) atoms. The van der Waals surface area contributed by atoms with E-state index in [2.05, 4.69) is 5.32 Å². The fraction of sp³-hybridized carbons (Fsp3) is 0.360. The number of benzene rings is 1. The Morgan fingerprint density at radius 2 is 2.14 bits per heavy atom. The van der Waals surface area contributed by atoms with Crippen LogP contribution in [-0.4, -0.2) is 39.9 Å². The van der Waals surface area contributed by atoms with Gasteiger partial charge in [-0.2, -0.15) is 0 Å². The summed E-state index contributed by atoms with van der Waals surface area (Å²) in [5.74, 6) is -1.54. The molecule has 1 aliphatic carbocycles. The van der Waals surface area contributed by atoms with Crippen LogP contribution in [0, 0.1) is 12.7 Å². The molecular weight excluding hydrogens is 471 g/mol. The number of esters is 1. The maximum Gasteiger partial charge on any atom is 0.340 e. The van der Waals surface area contributed by atoms with E-state index in [4.69, 9.17) is 20.2 Å². The first-order valence-corrected chi connectivity index (χ1v) is 11.6. The quantitative estimate of drug-likeness (QED) is 0.281. The molecule has 3 aromatic rings. The molecule has 2 aromatic heterocycles. The van der Waals surface area contributed by atoms with Crippen LogP contribution >= 0.6 is 0 Å². The van der Waals surface area contributed by atoms with Crippen molar-refractivity contribution in [1.29, 1.82) is 0 Å². The van der Waals surface area contributed by atoms with Gasteiger partial charge in [-0.25, -0.2) is 14.2 Å². The molecule has 4 N–H and O–H groups in total. The number of amides is 1. The number of aliphatic hydroxyl groups excluding tert-OH is 1. The minimum absolute atomic E-state index is 0.0880. The summed E-state index contributed by atoms with van der Waals surface area (Å²) >= 11 is 0. The minimum atomic E-state index is -1.57. The maximum absolute atomic E-state index is 14.9. The number of fused-ring (bicyclic) bond motifs is 5. The topological polar surface area (TPSA) is 146 Å². The number of cyclic esters (lactones) is 1. The van der Waals surface area contributed by atoms with Gasteiger partial charge in [0.05, 0.1) is 41.8 Å². The largest absolute Gasteiger partial charge is 0.458 e. The number of ether oxygens (including phenoxy) is 2. The number of carbonyl (C=O) groups is 2. The van der Waals surface area contributed by atoms with Crippen LogP contribution in [0.3, 0.4) is 0 Å². The van der Waals surface area contributed by atoms with Crippen LogP contribution in [-0.2, 0) is 38.6 Å². The highest BCUT2D eigenvalue weighted by molar-refractivity contribution is 5.93. The van der Waals surface area contributed by atoms with E-state index >= 15 is 0 Å². The fourth-order valence-corrected chi connectivity index (χ4v) is 5.63. The summed E-state index contributed by atoms with van der Waals surface area (Å²) in [6, 6.07) is 2.53. The number of aryl methyl sites for hydroxylation is 1. The number of nitrogens with one attached hydrogen (secondary N) is 1. The molecule has 10 nitrogen and oxygen atoms in total. The molecule has 0 saturated carbocycles. The lowest BCUT2D eigenvalue weighted by Gasteiger charge is -2.29. The number of hydrogen-bond acceptors (Lipinski definition) is 8. The fourth-order valence-electron chi connectivity index (χ4n) is 5.63. The predicted octanol–water partition coefficient (Wildman–Crippen LogP) is 0.999. The third-order valence-corrected chi connectivity index (χ3v) is 7.33. The lowest BCUT2D eigenvalue weighted by Crippen LogP contribution is -2.35. The standard InChI is InChI=1S/C25H23FN4O6/c1-10-11-2-3-16(28-19(31)8-35-9-27)21-13-6-30-18(22(13)29-17(20(11)21)5-15(10)26)4-12-14(24(30)33)7-36-25(34)23(12)32/h4-5,16,23,32H,2-3,6-9,27H2,1H3,(H,28,31)/t16-,23?/m0/s1. The van der Waals surface area contributed by atoms with Gasteiger partial charge in [-0.15, -0.1) is 0 Å². The molecule has 186 valence electrons. The average molecular weight is 494 g/mol. The molecular formula is C25H23FN4O6. The van der Waals surface area contributed by atoms with Crippen molar-refractivity contribution in [2.75, 3.05) is 13.3 Å². The lowest BCUT2D eigenvalue weighted by molar-refractivity contribution is -0.157. The smallest absolute Gasteiger partial charge is 0.340 e. The first-order valence-electron chi connectivity index (χ1n) is 11.6. The Balaban J connectivity index is 1.59. The highest BCUT2D eigenvalue weighted by Gasteiger charge is 2.37. The molecule has 1 aromatic carbocycles. The van der Waals surface area contributed by atoms with Gasteiger partial charge in [0.15, 0.2) is 6.10 Å². The van der Waals surface area contributed by atoms with Crippen molar-refractivity contribution in [2.45, 2.75) is 45.1 Å². The predicted molar refractivity (Wildman–Crippen MR) is 124 cm³/mol. The van der Waals surface area contributed by atoms with Crippen LogP contribution < -0.4 is 16.6 Å². The van der Waals surface area contributed by atoms with Gasteiger partial charge in [-0.3, -0.25) is 9.59 Å². The molecule has 0 saturated heterocycles. The lowest BCUT2D eigenvalue weighted by atomic mass is 9.81. The molecule has 6 rings (SSSR count). The summed E-state index contributed by atoms with van der Waals surface area (Å²) in [6.07, 6.45) is -0.500. The third kappa shape index (κ3) is 3.20. The Hall–Kier alpha value is -3.67. The average Bonchev–Trinajstić information content (AvgIpc) is 3.23. The van der Waals surface area contributed by atoms with Crippen molar-refractivity contribution in [2.24, 2.45) is 5.73 Å². The van der Waals surface area contributed by atoms with Crippen LogP contribution in [0.15, 0.2) is 16.9 Å². The number of aliphatic hydroxyl groups is 1. The second kappa shape index (κ2) is 8.19. The van der Waals surface area contributed by atoms with Crippen LogP contribution in [0.1, 0.15) is 51.9 Å². The van der Waals surface area contributed by atoms with E-state index in [1.807, 2.05) is 0 Å². The molecule has 11 heteroatoms. The van der Waals surface area contributed by atoms with Gasteiger partial charge in [-0.05, 0) is 42.5 Å². The number of nitrogens with zero attached hydrogens (tertiary/aromatic N) is 2. The summed E-state index contributed by atoms with van der Waals surface area (Å²) in [5.41, 5.74) is 9.53. The molecule has 2 atom stereocenters. The molecule has 0 bridgehead atoms. The van der Waals surface area contributed by atoms with Crippen molar-refractivity contribution in [3.05, 3.63) is 61.7 Å². The normalized spacial score (nSPS) is 19.5. The molecule has 1 amide bonds. The van der Waals surface area contributed by atoms with E-state index in [1.54, 1.807) is 13.0 Å². The summed E-state index contributed by atoms with van der Waals surface area (Å²) < 4.78 is 26.4. The van der Waals surface area contributed by atoms with Gasteiger partial charge in [0, 0.05) is 22.6 Å². The number of hydrogen-bond donors (Lipinski definition) is 3. The Morgan fingerprint density at radius 3 is 2.92 bits per heavy atom. The first-order chi connectivity index (χ1) is 17.3. The molecule has 0 fully saturated rings. The highest BCUT2D eigenvalue weighted by atomic mass is 19.1. The molecule has 2 aliphatic heterocycles. The van der Waals surface area contributed by atoms with E-state index in [0.29, 0.717) is 35.3 Å². The molecule has 0 spiro atoms. The summed E-state index contributed by atoms with van der Waals surface area (Å²) in [5, 5.41) is 14.1. The van der Waals surface area contributed by atoms with Gasteiger partial charge in [-0.1, -0.05) is 0 Å². The van der Waals surface area contributed by atoms with E-state index in [-0.39, 0.29) is 49.3 Å². The molecule has 1 unspecified atom stereocenters. The zero-order chi connectivity index (χ0) is 25.3. The number of rotatable bonds is 4. The van der Waals surface area contributed by atoms with Gasteiger partial charge in [0.2, 0.25) is 5.91 Å². The van der Waals surface area contributed by atoms with Crippen molar-refractivity contribution >= 4 is 22.8 Å². The van der Waals surface area contributed by atoms with Gasteiger partial charge in [0.1, 0.15) is 19.0 Å². The van der Waals surface area contributed by atoms with Crippen molar-refractivity contribution in [3.8, 4) is 11.4 Å². The molecule has 0 radical (unpaired) electrons. The summed E-state index contributed by atoms with van der Waals surface area (Å²) in [6.45, 7) is 1.39. The zero-order valence-electron chi connectivity index (χ0n) is 19.4. The Kier molecular flexibility index (Phi) is 5.18. The zero-order valence-corrected chi connectivity index (χ0v) is 19.4. The van der Waals surface area contributed by atoms with Crippen molar-refractivity contribution in [3.63, 3.8) is 0 Å². The van der Waals surface area contributed by atoms with E-state index in [0.717, 1.165) is 22.1 Å². The number of halogens is 1. The second-order valence-corrected chi connectivity index (χ2v) is 9.25. The Bertz CT molecular complexity index is 1550. The third-order valence-electron chi connectivity index (χ3n) is 7.33. The minimum Gasteiger partial charge on any atom is -0.458 e. The van der Waals surface area contributed by atoms with Crippen molar-refractivity contribution in [1.82, 2.24) is 14.9 Å². The van der Waals surface area contributed by atoms with Gasteiger partial charge < -0.3 is 30.2 Å². The monoisotopic (exact) mass is 494 g/mol. The number of aromatic nitrogens is 2. The number of nitrogens with two attached hydrogens (primary N) is 1. The van der Waals surface area contributed by atoms with E-state index < -0.39 is 23.7 Å². The van der Waals surface area contributed by atoms with Gasteiger partial charge >= 0.3 is 5.97 Å². The highest BCUT2D eigenvalue weighted by Crippen LogP contribution is 2.45. The Labute approximate surface area is 203 Å². The molecule has 4 heterocycles. The molecule has 3 aliphatic rings. The van der Waals surface area contributed by atoms with E-state index in [1.165, 1.54) is 10.6 Å². The Morgan fingerprint density at radius 1 is 1.33 bits per heavy atom. The second-order valence-electron chi connectivity index (χ2n) is 9.25. The first kappa shape index (κ1) is 22.8. The SMILES string of the molecule is Cc1c(F)cc2nc3c(c4c2c1CC[C@@H]4NC(=O)COCN)Cn1c-3cc2c(c1=O)COC(=O)C2O.